The summed E-state index contributed by atoms with van der Waals surface area (Å²) in [6.45, 7) is 6.17. The number of benzene rings is 1. The first kappa shape index (κ1) is 18.8. The summed E-state index contributed by atoms with van der Waals surface area (Å²) in [7, 11) is 1.15. The summed E-state index contributed by atoms with van der Waals surface area (Å²) in [4.78, 5) is 9.46. The van der Waals surface area contributed by atoms with E-state index >= 15 is 0 Å². The van der Waals surface area contributed by atoms with Crippen molar-refractivity contribution in [3.63, 3.8) is 0 Å². The SMILES string of the molecule is CCN(c1ccc(OC(C)C)cc1)c1ncc(C(F)(F)F)c(OC)n1. The molecule has 0 spiro atoms. The molecule has 0 N–H and O–H groups in total. The Bertz CT molecular complexity index is 703. The van der Waals surface area contributed by atoms with Crippen LogP contribution in [0.3, 0.4) is 0 Å². The average molecular weight is 355 g/mol. The Morgan fingerprint density at radius 1 is 1.16 bits per heavy atom. The third-order valence-electron chi connectivity index (χ3n) is 3.32. The van der Waals surface area contributed by atoms with Crippen LogP contribution >= 0.6 is 0 Å². The van der Waals surface area contributed by atoms with Crippen molar-refractivity contribution in [3.8, 4) is 11.6 Å². The zero-order valence-corrected chi connectivity index (χ0v) is 14.5. The third kappa shape index (κ3) is 4.52. The summed E-state index contributed by atoms with van der Waals surface area (Å²) in [5.41, 5.74) is -0.268. The lowest BCUT2D eigenvalue weighted by atomic mass is 10.2. The van der Waals surface area contributed by atoms with Crippen molar-refractivity contribution in [1.29, 1.82) is 0 Å². The molecule has 8 heteroatoms. The maximum absolute atomic E-state index is 12.9. The van der Waals surface area contributed by atoms with Crippen LogP contribution in [-0.2, 0) is 6.18 Å². The minimum absolute atomic E-state index is 0.0515. The zero-order chi connectivity index (χ0) is 18.6. The third-order valence-corrected chi connectivity index (χ3v) is 3.32. The van der Waals surface area contributed by atoms with Crippen molar-refractivity contribution in [2.45, 2.75) is 33.1 Å². The molecule has 0 aliphatic heterocycles. The molecule has 25 heavy (non-hydrogen) atoms. The van der Waals surface area contributed by atoms with E-state index in [1.54, 1.807) is 29.2 Å². The highest BCUT2D eigenvalue weighted by atomic mass is 19.4. The number of aromatic nitrogens is 2. The van der Waals surface area contributed by atoms with E-state index in [0.29, 0.717) is 12.3 Å². The van der Waals surface area contributed by atoms with Crippen LogP contribution in [0.25, 0.3) is 0 Å². The van der Waals surface area contributed by atoms with Crippen LogP contribution in [0.4, 0.5) is 24.8 Å². The average Bonchev–Trinajstić information content (AvgIpc) is 2.55. The number of methoxy groups -OCH3 is 1. The molecule has 0 saturated carbocycles. The molecule has 2 rings (SSSR count). The van der Waals surface area contributed by atoms with Crippen LogP contribution in [0.5, 0.6) is 11.6 Å². The summed E-state index contributed by atoms with van der Waals surface area (Å²) in [6, 6.07) is 7.18. The molecule has 0 aliphatic carbocycles. The molecule has 1 aromatic carbocycles. The fourth-order valence-electron chi connectivity index (χ4n) is 2.25. The lowest BCUT2D eigenvalue weighted by molar-refractivity contribution is -0.139. The fraction of sp³-hybridized carbons (Fsp3) is 0.412. The predicted octanol–water partition coefficient (Wildman–Crippen LogP) is 4.45. The molecule has 1 heterocycles. The van der Waals surface area contributed by atoms with E-state index in [9.17, 15) is 13.2 Å². The molecule has 0 saturated heterocycles. The van der Waals surface area contributed by atoms with Gasteiger partial charge < -0.3 is 14.4 Å². The highest BCUT2D eigenvalue weighted by molar-refractivity contribution is 5.58. The molecule has 0 aliphatic rings. The van der Waals surface area contributed by atoms with Crippen LogP contribution in [0.15, 0.2) is 30.5 Å². The van der Waals surface area contributed by atoms with Crippen LogP contribution in [0.2, 0.25) is 0 Å². The number of halogens is 3. The van der Waals surface area contributed by atoms with Crippen LogP contribution < -0.4 is 14.4 Å². The lowest BCUT2D eigenvalue weighted by Gasteiger charge is -2.22. The largest absolute Gasteiger partial charge is 0.491 e. The van der Waals surface area contributed by atoms with Crippen molar-refractivity contribution in [2.75, 3.05) is 18.6 Å². The molecule has 5 nitrogen and oxygen atoms in total. The molecule has 0 fully saturated rings. The number of rotatable bonds is 6. The number of anilines is 2. The van der Waals surface area contributed by atoms with Crippen molar-refractivity contribution in [3.05, 3.63) is 36.0 Å². The van der Waals surface area contributed by atoms with Gasteiger partial charge in [-0.2, -0.15) is 18.2 Å². The van der Waals surface area contributed by atoms with Crippen molar-refractivity contribution in [1.82, 2.24) is 9.97 Å². The number of ether oxygens (including phenoxy) is 2. The van der Waals surface area contributed by atoms with Crippen molar-refractivity contribution in [2.24, 2.45) is 0 Å². The maximum atomic E-state index is 12.9. The van der Waals surface area contributed by atoms with Gasteiger partial charge in [0.2, 0.25) is 11.8 Å². The summed E-state index contributed by atoms with van der Waals surface area (Å²) in [5, 5.41) is 0. The molecule has 2 aromatic rings. The zero-order valence-electron chi connectivity index (χ0n) is 14.5. The summed E-state index contributed by atoms with van der Waals surface area (Å²) in [5.74, 6) is 0.335. The second kappa shape index (κ2) is 7.58. The molecule has 0 bridgehead atoms. The quantitative estimate of drug-likeness (QED) is 0.766. The minimum Gasteiger partial charge on any atom is -0.491 e. The molecule has 0 atom stereocenters. The van der Waals surface area contributed by atoms with Gasteiger partial charge in [-0.25, -0.2) is 4.98 Å². The van der Waals surface area contributed by atoms with E-state index < -0.39 is 17.6 Å². The first-order valence-corrected chi connectivity index (χ1v) is 7.78. The van der Waals surface area contributed by atoms with Crippen molar-refractivity contribution >= 4 is 11.6 Å². The van der Waals surface area contributed by atoms with Gasteiger partial charge >= 0.3 is 6.18 Å². The second-order valence-electron chi connectivity index (χ2n) is 5.50. The number of hydrogen-bond donors (Lipinski definition) is 0. The monoisotopic (exact) mass is 355 g/mol. The molecule has 0 radical (unpaired) electrons. The van der Waals surface area contributed by atoms with Gasteiger partial charge in [0, 0.05) is 18.4 Å². The number of nitrogens with zero attached hydrogens (tertiary/aromatic N) is 3. The topological polar surface area (TPSA) is 47.5 Å². The Kier molecular flexibility index (Phi) is 5.71. The van der Waals surface area contributed by atoms with E-state index in [1.807, 2.05) is 20.8 Å². The van der Waals surface area contributed by atoms with E-state index in [0.717, 1.165) is 19.0 Å². The van der Waals surface area contributed by atoms with E-state index in [1.165, 1.54) is 0 Å². The Morgan fingerprint density at radius 2 is 1.80 bits per heavy atom. The van der Waals surface area contributed by atoms with Crippen molar-refractivity contribution < 1.29 is 22.6 Å². The van der Waals surface area contributed by atoms with E-state index in [-0.39, 0.29) is 12.1 Å². The first-order chi connectivity index (χ1) is 11.8. The Morgan fingerprint density at radius 3 is 2.28 bits per heavy atom. The molecular weight excluding hydrogens is 335 g/mol. The van der Waals surface area contributed by atoms with E-state index in [4.69, 9.17) is 9.47 Å². The molecule has 0 unspecified atom stereocenters. The van der Waals surface area contributed by atoms with Gasteiger partial charge in [-0.1, -0.05) is 0 Å². The van der Waals surface area contributed by atoms with Gasteiger partial charge in [-0.3, -0.25) is 0 Å². The summed E-state index contributed by atoms with van der Waals surface area (Å²) >= 11 is 0. The second-order valence-corrected chi connectivity index (χ2v) is 5.50. The predicted molar refractivity (Wildman–Crippen MR) is 88.5 cm³/mol. The lowest BCUT2D eigenvalue weighted by Crippen LogP contribution is -2.20. The van der Waals surface area contributed by atoms with Gasteiger partial charge in [0.05, 0.1) is 13.2 Å². The summed E-state index contributed by atoms with van der Waals surface area (Å²) < 4.78 is 49.2. The van der Waals surface area contributed by atoms with Crippen LogP contribution in [-0.4, -0.2) is 29.7 Å². The highest BCUT2D eigenvalue weighted by Crippen LogP contribution is 2.36. The Hall–Kier alpha value is -2.51. The van der Waals surface area contributed by atoms with Gasteiger partial charge in [0.15, 0.2) is 0 Å². The van der Waals surface area contributed by atoms with Gasteiger partial charge in [0.1, 0.15) is 11.3 Å². The van der Waals surface area contributed by atoms with Gasteiger partial charge in [0.25, 0.3) is 0 Å². The minimum atomic E-state index is -4.57. The Balaban J connectivity index is 2.34. The van der Waals surface area contributed by atoms with Crippen LogP contribution in [0, 0.1) is 0 Å². The molecule has 136 valence electrons. The number of hydrogen-bond acceptors (Lipinski definition) is 5. The van der Waals surface area contributed by atoms with Gasteiger partial charge in [-0.15, -0.1) is 0 Å². The smallest absolute Gasteiger partial charge is 0.423 e. The van der Waals surface area contributed by atoms with E-state index in [2.05, 4.69) is 9.97 Å². The molecule has 1 aromatic heterocycles. The highest BCUT2D eigenvalue weighted by Gasteiger charge is 2.36. The standard InChI is InChI=1S/C17H20F3N3O2/c1-5-23(12-6-8-13(9-7-12)25-11(2)3)16-21-10-14(17(18,19)20)15(22-16)24-4/h6-11H,5H2,1-4H3. The molecular formula is C17H20F3N3O2. The summed E-state index contributed by atoms with van der Waals surface area (Å²) in [6.07, 6.45) is -3.78. The molecule has 0 amide bonds. The fourth-order valence-corrected chi connectivity index (χ4v) is 2.25. The van der Waals surface area contributed by atoms with Gasteiger partial charge in [-0.05, 0) is 45.0 Å². The Labute approximate surface area is 144 Å². The number of alkyl halides is 3. The first-order valence-electron chi connectivity index (χ1n) is 7.78. The normalized spacial score (nSPS) is 11.5. The maximum Gasteiger partial charge on any atom is 0.423 e. The van der Waals surface area contributed by atoms with Crippen LogP contribution in [0.1, 0.15) is 26.3 Å².